The lowest BCUT2D eigenvalue weighted by atomic mass is 10.1. The van der Waals surface area contributed by atoms with Gasteiger partial charge in [-0.2, -0.15) is 0 Å². The first-order valence-electron chi connectivity index (χ1n) is 9.92. The van der Waals surface area contributed by atoms with Gasteiger partial charge in [-0.25, -0.2) is 0 Å². The Hall–Kier alpha value is -4.11. The van der Waals surface area contributed by atoms with Gasteiger partial charge in [-0.05, 0) is 61.0 Å². The van der Waals surface area contributed by atoms with Crippen LogP contribution in [0.15, 0.2) is 71.3 Å². The summed E-state index contributed by atoms with van der Waals surface area (Å²) in [7, 11) is 0. The van der Waals surface area contributed by atoms with Gasteiger partial charge >= 0.3 is 0 Å². The van der Waals surface area contributed by atoms with Crippen LogP contribution in [0.3, 0.4) is 0 Å². The first-order valence-corrected chi connectivity index (χ1v) is 10.3. The molecule has 0 saturated carbocycles. The molecule has 0 aliphatic rings. The Morgan fingerprint density at radius 3 is 2.24 bits per heavy atom. The highest BCUT2D eigenvalue weighted by molar-refractivity contribution is 6.30. The molecule has 1 atom stereocenters. The van der Waals surface area contributed by atoms with Crippen molar-refractivity contribution in [2.75, 3.05) is 10.6 Å². The number of carbonyl (C=O) groups is 4. The minimum Gasteiger partial charge on any atom is -0.459 e. The van der Waals surface area contributed by atoms with Gasteiger partial charge in [-0.3, -0.25) is 19.2 Å². The number of nitrogens with one attached hydrogen (secondary N) is 3. The van der Waals surface area contributed by atoms with E-state index in [0.29, 0.717) is 22.0 Å². The van der Waals surface area contributed by atoms with E-state index < -0.39 is 29.7 Å². The Morgan fingerprint density at radius 2 is 1.61 bits per heavy atom. The van der Waals surface area contributed by atoms with Gasteiger partial charge in [0, 0.05) is 28.4 Å². The molecule has 1 aromatic heterocycles. The lowest BCUT2D eigenvalue weighted by molar-refractivity contribution is -0.119. The monoisotopic (exact) mass is 468 g/mol. The van der Waals surface area contributed by atoms with Gasteiger partial charge in [0.1, 0.15) is 6.04 Å². The molecule has 9 nitrogen and oxygen atoms in total. The first-order chi connectivity index (χ1) is 15.8. The highest BCUT2D eigenvalue weighted by atomic mass is 35.5. The van der Waals surface area contributed by atoms with Gasteiger partial charge in [0.05, 0.1) is 6.26 Å². The van der Waals surface area contributed by atoms with Crippen LogP contribution in [0.4, 0.5) is 11.4 Å². The average Bonchev–Trinajstić information content (AvgIpc) is 3.32. The van der Waals surface area contributed by atoms with Gasteiger partial charge in [-0.1, -0.05) is 17.7 Å². The van der Waals surface area contributed by atoms with Crippen LogP contribution in [0.5, 0.6) is 0 Å². The van der Waals surface area contributed by atoms with Crippen molar-refractivity contribution in [2.45, 2.75) is 18.9 Å². The molecule has 1 heterocycles. The molecule has 0 unspecified atom stereocenters. The van der Waals surface area contributed by atoms with Gasteiger partial charge in [0.25, 0.3) is 11.8 Å². The lowest BCUT2D eigenvalue weighted by Gasteiger charge is -2.18. The van der Waals surface area contributed by atoms with Crippen molar-refractivity contribution in [3.63, 3.8) is 0 Å². The van der Waals surface area contributed by atoms with Crippen LogP contribution in [-0.4, -0.2) is 29.7 Å². The summed E-state index contributed by atoms with van der Waals surface area (Å²) >= 11 is 5.84. The Labute approximate surface area is 194 Å². The number of rotatable bonds is 9. The minimum absolute atomic E-state index is 0.00934. The second-order valence-electron chi connectivity index (χ2n) is 7.04. The van der Waals surface area contributed by atoms with Crippen molar-refractivity contribution < 1.29 is 23.6 Å². The molecule has 5 N–H and O–H groups in total. The zero-order valence-corrected chi connectivity index (χ0v) is 18.1. The zero-order valence-electron chi connectivity index (χ0n) is 17.3. The summed E-state index contributed by atoms with van der Waals surface area (Å²) in [5.74, 6) is -1.96. The third kappa shape index (κ3) is 6.94. The van der Waals surface area contributed by atoms with E-state index in [1.54, 1.807) is 42.5 Å². The Bertz CT molecular complexity index is 1150. The Morgan fingerprint density at radius 1 is 0.909 bits per heavy atom. The van der Waals surface area contributed by atoms with Gasteiger partial charge in [0.15, 0.2) is 5.76 Å². The SMILES string of the molecule is NC(=O)CC[C@@H](NC(=O)c1ccc(Cl)cc1)C(=O)Nc1cccc(NC(=O)c2ccco2)c1. The Balaban J connectivity index is 1.69. The average molecular weight is 469 g/mol. The summed E-state index contributed by atoms with van der Waals surface area (Å²) in [4.78, 5) is 48.8. The van der Waals surface area contributed by atoms with E-state index in [0.717, 1.165) is 0 Å². The van der Waals surface area contributed by atoms with Gasteiger partial charge in [-0.15, -0.1) is 0 Å². The molecule has 10 heteroatoms. The third-order valence-corrected chi connectivity index (χ3v) is 4.79. The maximum atomic E-state index is 12.9. The molecular weight excluding hydrogens is 448 g/mol. The Kier molecular flexibility index (Phi) is 7.82. The number of primary amides is 1. The number of amides is 4. The van der Waals surface area contributed by atoms with Crippen LogP contribution in [0.1, 0.15) is 33.8 Å². The van der Waals surface area contributed by atoms with Crippen LogP contribution in [-0.2, 0) is 9.59 Å². The predicted molar refractivity (Wildman–Crippen MR) is 123 cm³/mol. The topological polar surface area (TPSA) is 144 Å². The number of anilines is 2. The van der Waals surface area contributed by atoms with Crippen molar-refractivity contribution in [3.05, 3.63) is 83.3 Å². The van der Waals surface area contributed by atoms with Crippen molar-refractivity contribution in [1.29, 1.82) is 0 Å². The molecule has 3 rings (SSSR count). The van der Waals surface area contributed by atoms with Crippen LogP contribution < -0.4 is 21.7 Å². The zero-order chi connectivity index (χ0) is 23.8. The smallest absolute Gasteiger partial charge is 0.291 e. The van der Waals surface area contributed by atoms with Crippen molar-refractivity contribution in [1.82, 2.24) is 5.32 Å². The van der Waals surface area contributed by atoms with Crippen molar-refractivity contribution >= 4 is 46.6 Å². The molecule has 3 aromatic rings. The highest BCUT2D eigenvalue weighted by Crippen LogP contribution is 2.17. The van der Waals surface area contributed by atoms with Crippen LogP contribution in [0.2, 0.25) is 5.02 Å². The molecule has 0 bridgehead atoms. The standard InChI is InChI=1S/C23H21ClN4O5/c24-15-8-6-14(7-9-15)21(30)28-18(10-11-20(25)29)22(31)26-16-3-1-4-17(13-16)27-23(32)19-5-2-12-33-19/h1-9,12-13,18H,10-11H2,(H2,25,29)(H,26,31)(H,27,32)(H,28,30)/t18-/m1/s1. The van der Waals surface area contributed by atoms with E-state index in [1.807, 2.05) is 0 Å². The molecule has 170 valence electrons. The molecule has 0 saturated heterocycles. The summed E-state index contributed by atoms with van der Waals surface area (Å²) in [5.41, 5.74) is 6.32. The molecule has 2 aromatic carbocycles. The number of hydrogen-bond acceptors (Lipinski definition) is 5. The molecular formula is C23H21ClN4O5. The fourth-order valence-electron chi connectivity index (χ4n) is 2.90. The fourth-order valence-corrected chi connectivity index (χ4v) is 3.03. The molecule has 0 aliphatic carbocycles. The second-order valence-corrected chi connectivity index (χ2v) is 7.48. The maximum absolute atomic E-state index is 12.9. The van der Waals surface area contributed by atoms with Crippen LogP contribution in [0, 0.1) is 0 Å². The molecule has 4 amide bonds. The van der Waals surface area contributed by atoms with E-state index in [4.69, 9.17) is 21.8 Å². The summed E-state index contributed by atoms with van der Waals surface area (Å²) in [6, 6.07) is 14.7. The predicted octanol–water partition coefficient (Wildman–Crippen LogP) is 3.19. The fraction of sp³-hybridized carbons (Fsp3) is 0.130. The lowest BCUT2D eigenvalue weighted by Crippen LogP contribution is -2.44. The first kappa shape index (κ1) is 23.6. The number of benzene rings is 2. The largest absolute Gasteiger partial charge is 0.459 e. The summed E-state index contributed by atoms with van der Waals surface area (Å²) < 4.78 is 5.05. The maximum Gasteiger partial charge on any atom is 0.291 e. The van der Waals surface area contributed by atoms with Crippen molar-refractivity contribution in [2.24, 2.45) is 5.73 Å². The molecule has 0 aliphatic heterocycles. The van der Waals surface area contributed by atoms with Crippen LogP contribution in [0.25, 0.3) is 0 Å². The molecule has 0 fully saturated rings. The summed E-state index contributed by atoms with van der Waals surface area (Å²) in [6.45, 7) is 0. The van der Waals surface area contributed by atoms with E-state index >= 15 is 0 Å². The van der Waals surface area contributed by atoms with Crippen molar-refractivity contribution in [3.8, 4) is 0 Å². The van der Waals surface area contributed by atoms with E-state index in [-0.39, 0.29) is 18.6 Å². The van der Waals surface area contributed by atoms with Crippen LogP contribution >= 0.6 is 11.6 Å². The molecule has 33 heavy (non-hydrogen) atoms. The number of nitrogens with two attached hydrogens (primary N) is 1. The third-order valence-electron chi connectivity index (χ3n) is 4.54. The number of furan rings is 1. The normalized spacial score (nSPS) is 11.3. The molecule has 0 spiro atoms. The highest BCUT2D eigenvalue weighted by Gasteiger charge is 2.22. The quantitative estimate of drug-likeness (QED) is 0.381. The number of hydrogen-bond donors (Lipinski definition) is 4. The minimum atomic E-state index is -1.03. The van der Waals surface area contributed by atoms with E-state index in [9.17, 15) is 19.2 Å². The molecule has 0 radical (unpaired) electrons. The second kappa shape index (κ2) is 11.0. The number of halogens is 1. The number of carbonyl (C=O) groups excluding carboxylic acids is 4. The van der Waals surface area contributed by atoms with Gasteiger partial charge in [0.2, 0.25) is 11.8 Å². The summed E-state index contributed by atoms with van der Waals surface area (Å²) in [5, 5.41) is 8.41. The van der Waals surface area contributed by atoms with Gasteiger partial charge < -0.3 is 26.1 Å². The van der Waals surface area contributed by atoms with E-state index in [1.165, 1.54) is 24.5 Å². The summed E-state index contributed by atoms with van der Waals surface area (Å²) in [6.07, 6.45) is 1.30. The van der Waals surface area contributed by atoms with E-state index in [2.05, 4.69) is 16.0 Å².